The lowest BCUT2D eigenvalue weighted by atomic mass is 10.0. The monoisotopic (exact) mass is 305 g/mol. The second-order valence-electron chi connectivity index (χ2n) is 4.76. The minimum Gasteiger partial charge on any atom is -0.387 e. The minimum absolute atomic E-state index is 0.0375. The lowest BCUT2D eigenvalue weighted by Gasteiger charge is -2.07. The molecular formula is C15H15NO2S2. The van der Waals surface area contributed by atoms with Gasteiger partial charge in [-0.15, -0.1) is 11.3 Å². The van der Waals surface area contributed by atoms with Gasteiger partial charge in [0.15, 0.2) is 6.10 Å². The van der Waals surface area contributed by atoms with E-state index in [-0.39, 0.29) is 6.10 Å². The van der Waals surface area contributed by atoms with Gasteiger partial charge in [-0.05, 0) is 18.6 Å². The molecule has 0 spiro atoms. The largest absolute Gasteiger partial charge is 0.387 e. The maximum absolute atomic E-state index is 11.8. The van der Waals surface area contributed by atoms with E-state index in [1.807, 2.05) is 37.3 Å². The molecule has 0 aliphatic carbocycles. The maximum atomic E-state index is 11.8. The topological polar surface area (TPSA) is 38.7 Å². The van der Waals surface area contributed by atoms with Gasteiger partial charge in [-0.25, -0.2) is 0 Å². The summed E-state index contributed by atoms with van der Waals surface area (Å²) < 4.78 is 12.7. The fourth-order valence-corrected chi connectivity index (χ4v) is 4.40. The van der Waals surface area contributed by atoms with Crippen molar-refractivity contribution in [1.82, 2.24) is 0 Å². The van der Waals surface area contributed by atoms with Crippen molar-refractivity contribution in [2.24, 2.45) is 5.16 Å². The third kappa shape index (κ3) is 2.55. The summed E-state index contributed by atoms with van der Waals surface area (Å²) in [6, 6.07) is 12.1. The lowest BCUT2D eigenvalue weighted by molar-refractivity contribution is 0.0857. The Balaban J connectivity index is 1.86. The SMILES string of the molecule is Cc1cc(C2=NOC(c3ccccc3)C2)c(S(C)=O)s1. The third-order valence-electron chi connectivity index (χ3n) is 3.23. The fourth-order valence-electron chi connectivity index (χ4n) is 2.29. The van der Waals surface area contributed by atoms with Crippen LogP contribution >= 0.6 is 11.3 Å². The molecule has 0 fully saturated rings. The molecule has 0 saturated heterocycles. The number of aryl methyl sites for hydroxylation is 1. The molecule has 104 valence electrons. The Bertz CT molecular complexity index is 676. The summed E-state index contributed by atoms with van der Waals surface area (Å²) in [6.45, 7) is 2.02. The van der Waals surface area contributed by atoms with Gasteiger partial charge in [0.1, 0.15) is 4.21 Å². The number of hydrogen-bond donors (Lipinski definition) is 0. The molecule has 1 aliphatic rings. The van der Waals surface area contributed by atoms with Gasteiger partial charge < -0.3 is 4.84 Å². The molecule has 0 radical (unpaired) electrons. The van der Waals surface area contributed by atoms with E-state index >= 15 is 0 Å². The van der Waals surface area contributed by atoms with Crippen LogP contribution in [0.15, 0.2) is 45.8 Å². The van der Waals surface area contributed by atoms with E-state index in [1.54, 1.807) is 17.6 Å². The molecule has 3 nitrogen and oxygen atoms in total. The maximum Gasteiger partial charge on any atom is 0.158 e. The standard InChI is InChI=1S/C15H15NO2S2/c1-10-8-12(15(19-10)20(2)17)13-9-14(18-16-13)11-6-4-3-5-7-11/h3-8,14H,9H2,1-2H3. The molecule has 2 unspecified atom stereocenters. The Morgan fingerprint density at radius 2 is 2.10 bits per heavy atom. The summed E-state index contributed by atoms with van der Waals surface area (Å²) in [5.41, 5.74) is 3.00. The van der Waals surface area contributed by atoms with Crippen molar-refractivity contribution < 1.29 is 9.05 Å². The van der Waals surface area contributed by atoms with Crippen LogP contribution in [-0.2, 0) is 15.6 Å². The van der Waals surface area contributed by atoms with Crippen molar-refractivity contribution in [3.05, 3.63) is 52.4 Å². The molecule has 2 aromatic rings. The van der Waals surface area contributed by atoms with E-state index < -0.39 is 10.8 Å². The quantitative estimate of drug-likeness (QED) is 0.868. The van der Waals surface area contributed by atoms with Crippen LogP contribution < -0.4 is 0 Å². The molecule has 3 rings (SSSR count). The van der Waals surface area contributed by atoms with Gasteiger partial charge in [0, 0.05) is 23.1 Å². The Morgan fingerprint density at radius 3 is 2.80 bits per heavy atom. The Morgan fingerprint density at radius 1 is 1.35 bits per heavy atom. The molecule has 2 heterocycles. The van der Waals surface area contributed by atoms with E-state index in [0.29, 0.717) is 0 Å². The lowest BCUT2D eigenvalue weighted by Crippen LogP contribution is -2.03. The van der Waals surface area contributed by atoms with Crippen molar-refractivity contribution in [2.45, 2.75) is 23.7 Å². The van der Waals surface area contributed by atoms with E-state index in [1.165, 1.54) is 0 Å². The molecule has 0 N–H and O–H groups in total. The van der Waals surface area contributed by atoms with Crippen molar-refractivity contribution in [2.75, 3.05) is 6.26 Å². The van der Waals surface area contributed by atoms with Crippen molar-refractivity contribution >= 4 is 27.8 Å². The molecule has 2 atom stereocenters. The van der Waals surface area contributed by atoms with E-state index in [2.05, 4.69) is 11.2 Å². The Kier molecular flexibility index (Phi) is 3.72. The highest BCUT2D eigenvalue weighted by molar-refractivity contribution is 7.86. The number of hydrogen-bond acceptors (Lipinski definition) is 4. The van der Waals surface area contributed by atoms with Crippen molar-refractivity contribution in [3.63, 3.8) is 0 Å². The molecule has 5 heteroatoms. The highest BCUT2D eigenvalue weighted by atomic mass is 32.2. The average molecular weight is 305 g/mol. The van der Waals surface area contributed by atoms with Gasteiger partial charge in [0.25, 0.3) is 0 Å². The van der Waals surface area contributed by atoms with Gasteiger partial charge >= 0.3 is 0 Å². The van der Waals surface area contributed by atoms with Gasteiger partial charge in [-0.1, -0.05) is 35.5 Å². The molecule has 0 saturated carbocycles. The van der Waals surface area contributed by atoms with Crippen LogP contribution in [-0.4, -0.2) is 16.2 Å². The molecule has 0 bridgehead atoms. The predicted molar refractivity (Wildman–Crippen MR) is 82.8 cm³/mol. The summed E-state index contributed by atoms with van der Waals surface area (Å²) >= 11 is 1.57. The summed E-state index contributed by atoms with van der Waals surface area (Å²) in [6.07, 6.45) is 2.40. The first-order chi connectivity index (χ1) is 9.65. The molecule has 20 heavy (non-hydrogen) atoms. The smallest absolute Gasteiger partial charge is 0.158 e. The fraction of sp³-hybridized carbons (Fsp3) is 0.267. The van der Waals surface area contributed by atoms with Crippen LogP contribution in [0, 0.1) is 6.92 Å². The zero-order chi connectivity index (χ0) is 14.1. The zero-order valence-corrected chi connectivity index (χ0v) is 13.0. The number of nitrogens with zero attached hydrogens (tertiary/aromatic N) is 1. The van der Waals surface area contributed by atoms with Gasteiger partial charge in [-0.2, -0.15) is 0 Å². The second kappa shape index (κ2) is 5.50. The summed E-state index contributed by atoms with van der Waals surface area (Å²) in [5, 5.41) is 4.21. The molecule has 1 aromatic carbocycles. The van der Waals surface area contributed by atoms with Crippen LogP contribution in [0.2, 0.25) is 0 Å². The number of benzene rings is 1. The molecule has 1 aromatic heterocycles. The summed E-state index contributed by atoms with van der Waals surface area (Å²) in [7, 11) is -0.989. The van der Waals surface area contributed by atoms with Crippen LogP contribution in [0.3, 0.4) is 0 Å². The van der Waals surface area contributed by atoms with Crippen LogP contribution in [0.1, 0.15) is 28.5 Å². The first-order valence-corrected chi connectivity index (χ1v) is 8.74. The Labute approximate surface area is 124 Å². The van der Waals surface area contributed by atoms with Crippen LogP contribution in [0.4, 0.5) is 0 Å². The second-order valence-corrected chi connectivity index (χ2v) is 7.59. The highest BCUT2D eigenvalue weighted by Gasteiger charge is 2.26. The van der Waals surface area contributed by atoms with Crippen molar-refractivity contribution in [3.8, 4) is 0 Å². The molecular weight excluding hydrogens is 290 g/mol. The Hall–Kier alpha value is -1.46. The van der Waals surface area contributed by atoms with Crippen LogP contribution in [0.25, 0.3) is 0 Å². The zero-order valence-electron chi connectivity index (χ0n) is 11.3. The number of thiophene rings is 1. The van der Waals surface area contributed by atoms with Crippen molar-refractivity contribution in [1.29, 1.82) is 0 Å². The highest BCUT2D eigenvalue weighted by Crippen LogP contribution is 2.33. The van der Waals surface area contributed by atoms with E-state index in [4.69, 9.17) is 4.84 Å². The van der Waals surface area contributed by atoms with E-state index in [0.717, 1.165) is 32.3 Å². The molecule has 1 aliphatic heterocycles. The average Bonchev–Trinajstić information content (AvgIpc) is 3.06. The first-order valence-electron chi connectivity index (χ1n) is 6.37. The van der Waals surface area contributed by atoms with Gasteiger partial charge in [0.2, 0.25) is 0 Å². The summed E-state index contributed by atoms with van der Waals surface area (Å²) in [4.78, 5) is 6.69. The van der Waals surface area contributed by atoms with Gasteiger partial charge in [-0.3, -0.25) is 4.21 Å². The molecule has 0 amide bonds. The predicted octanol–water partition coefficient (Wildman–Crippen LogP) is 3.66. The summed E-state index contributed by atoms with van der Waals surface area (Å²) in [5.74, 6) is 0. The van der Waals surface area contributed by atoms with E-state index in [9.17, 15) is 4.21 Å². The first kappa shape index (κ1) is 13.5. The number of rotatable bonds is 3. The van der Waals surface area contributed by atoms with Gasteiger partial charge in [0.05, 0.1) is 16.5 Å². The van der Waals surface area contributed by atoms with Crippen LogP contribution in [0.5, 0.6) is 0 Å². The normalized spacial score (nSPS) is 19.5. The third-order valence-corrected chi connectivity index (χ3v) is 5.77. The minimum atomic E-state index is -0.989. The number of oxime groups is 1.